The van der Waals surface area contributed by atoms with Crippen LogP contribution in [0.1, 0.15) is 25.7 Å². The van der Waals surface area contributed by atoms with Crippen molar-refractivity contribution in [2.45, 2.75) is 37.8 Å². The SMILES string of the molecule is CN[C@H]1CC[C@H](ON)CC1. The van der Waals surface area contributed by atoms with Gasteiger partial charge in [-0.3, -0.25) is 0 Å². The standard InChI is InChI=1S/C7H16N2O/c1-9-6-2-4-7(10-8)5-3-6/h6-7,9H,2-5,8H2,1H3/t6-,7-. The Morgan fingerprint density at radius 3 is 2.30 bits per heavy atom. The monoisotopic (exact) mass is 144 g/mol. The van der Waals surface area contributed by atoms with Crippen LogP contribution in [0.3, 0.4) is 0 Å². The van der Waals surface area contributed by atoms with Gasteiger partial charge in [0.05, 0.1) is 6.10 Å². The highest BCUT2D eigenvalue weighted by atomic mass is 16.6. The molecule has 1 saturated carbocycles. The van der Waals surface area contributed by atoms with Crippen LogP contribution >= 0.6 is 0 Å². The van der Waals surface area contributed by atoms with Crippen LogP contribution < -0.4 is 11.2 Å². The van der Waals surface area contributed by atoms with Crippen molar-refractivity contribution in [2.75, 3.05) is 7.05 Å². The zero-order chi connectivity index (χ0) is 7.40. The molecular weight excluding hydrogens is 128 g/mol. The summed E-state index contributed by atoms with van der Waals surface area (Å²) in [5, 5.41) is 3.25. The Balaban J connectivity index is 2.17. The molecule has 0 saturated heterocycles. The highest BCUT2D eigenvalue weighted by Crippen LogP contribution is 2.19. The summed E-state index contributed by atoms with van der Waals surface area (Å²) in [4.78, 5) is 4.76. The summed E-state index contributed by atoms with van der Waals surface area (Å²) in [5.74, 6) is 5.07. The summed E-state index contributed by atoms with van der Waals surface area (Å²) in [7, 11) is 2.01. The summed E-state index contributed by atoms with van der Waals surface area (Å²) in [6, 6.07) is 0.686. The van der Waals surface area contributed by atoms with Crippen molar-refractivity contribution in [3.63, 3.8) is 0 Å². The first-order chi connectivity index (χ1) is 4.86. The van der Waals surface area contributed by atoms with Crippen molar-refractivity contribution < 1.29 is 4.84 Å². The third-order valence-electron chi connectivity index (χ3n) is 2.27. The van der Waals surface area contributed by atoms with Crippen LogP contribution in [-0.2, 0) is 4.84 Å². The molecule has 3 nitrogen and oxygen atoms in total. The molecule has 0 bridgehead atoms. The van der Waals surface area contributed by atoms with Crippen LogP contribution in [0.2, 0.25) is 0 Å². The van der Waals surface area contributed by atoms with Crippen LogP contribution in [0.5, 0.6) is 0 Å². The maximum Gasteiger partial charge on any atom is 0.0788 e. The van der Waals surface area contributed by atoms with E-state index in [0.29, 0.717) is 12.1 Å². The zero-order valence-electron chi connectivity index (χ0n) is 6.47. The number of rotatable bonds is 2. The van der Waals surface area contributed by atoms with Gasteiger partial charge in [0.15, 0.2) is 0 Å². The van der Waals surface area contributed by atoms with E-state index in [4.69, 9.17) is 10.7 Å². The largest absolute Gasteiger partial charge is 0.317 e. The minimum absolute atomic E-state index is 0.310. The van der Waals surface area contributed by atoms with Crippen LogP contribution in [0.4, 0.5) is 0 Å². The van der Waals surface area contributed by atoms with Crippen molar-refractivity contribution in [1.29, 1.82) is 0 Å². The zero-order valence-corrected chi connectivity index (χ0v) is 6.47. The molecular formula is C7H16N2O. The molecule has 1 aliphatic carbocycles. The van der Waals surface area contributed by atoms with Crippen molar-refractivity contribution in [3.05, 3.63) is 0 Å². The quantitative estimate of drug-likeness (QED) is 0.552. The van der Waals surface area contributed by atoms with Gasteiger partial charge in [0, 0.05) is 6.04 Å². The van der Waals surface area contributed by atoms with Crippen LogP contribution in [-0.4, -0.2) is 19.2 Å². The average Bonchev–Trinajstić information content (AvgIpc) is 2.05. The van der Waals surface area contributed by atoms with Crippen LogP contribution in [0, 0.1) is 0 Å². The molecule has 0 aromatic carbocycles. The fourth-order valence-corrected chi connectivity index (χ4v) is 1.49. The van der Waals surface area contributed by atoms with Crippen molar-refractivity contribution in [2.24, 2.45) is 5.90 Å². The molecule has 0 heterocycles. The van der Waals surface area contributed by atoms with E-state index in [9.17, 15) is 0 Å². The maximum absolute atomic E-state index is 5.07. The summed E-state index contributed by atoms with van der Waals surface area (Å²) in [5.41, 5.74) is 0. The minimum atomic E-state index is 0.310. The molecule has 0 amide bonds. The van der Waals surface area contributed by atoms with E-state index in [-0.39, 0.29) is 0 Å². The Morgan fingerprint density at radius 1 is 1.30 bits per heavy atom. The lowest BCUT2D eigenvalue weighted by Gasteiger charge is -2.26. The molecule has 3 N–H and O–H groups in total. The predicted octanol–water partition coefficient (Wildman–Crippen LogP) is 0.407. The summed E-state index contributed by atoms with van der Waals surface area (Å²) < 4.78 is 0. The third kappa shape index (κ3) is 1.94. The second kappa shape index (κ2) is 3.91. The fraction of sp³-hybridized carbons (Fsp3) is 1.00. The topological polar surface area (TPSA) is 47.3 Å². The first-order valence-corrected chi connectivity index (χ1v) is 3.89. The van der Waals surface area contributed by atoms with Gasteiger partial charge in [-0.05, 0) is 32.7 Å². The lowest BCUT2D eigenvalue weighted by molar-refractivity contribution is 0.0224. The van der Waals surface area contributed by atoms with E-state index >= 15 is 0 Å². The van der Waals surface area contributed by atoms with Gasteiger partial charge in [0.1, 0.15) is 0 Å². The molecule has 1 aliphatic rings. The highest BCUT2D eigenvalue weighted by Gasteiger charge is 2.19. The number of hydrogen-bond donors (Lipinski definition) is 2. The molecule has 0 unspecified atom stereocenters. The van der Waals surface area contributed by atoms with E-state index < -0.39 is 0 Å². The first-order valence-electron chi connectivity index (χ1n) is 3.89. The summed E-state index contributed by atoms with van der Waals surface area (Å²) in [6.45, 7) is 0. The van der Waals surface area contributed by atoms with E-state index in [0.717, 1.165) is 12.8 Å². The Bertz CT molecular complexity index is 77.6. The molecule has 0 aliphatic heterocycles. The Hall–Kier alpha value is -0.120. The normalized spacial score (nSPS) is 34.2. The van der Waals surface area contributed by atoms with E-state index in [1.54, 1.807) is 0 Å². The van der Waals surface area contributed by atoms with E-state index in [2.05, 4.69) is 5.32 Å². The lowest BCUT2D eigenvalue weighted by Crippen LogP contribution is -2.33. The van der Waals surface area contributed by atoms with Gasteiger partial charge in [-0.25, -0.2) is 5.90 Å². The summed E-state index contributed by atoms with van der Waals surface area (Å²) in [6.07, 6.45) is 4.89. The molecule has 0 radical (unpaired) electrons. The van der Waals surface area contributed by atoms with Gasteiger partial charge in [-0.2, -0.15) is 0 Å². The van der Waals surface area contributed by atoms with E-state index in [1.807, 2.05) is 7.05 Å². The van der Waals surface area contributed by atoms with Gasteiger partial charge in [-0.1, -0.05) is 0 Å². The number of hydrogen-bond acceptors (Lipinski definition) is 3. The van der Waals surface area contributed by atoms with Gasteiger partial charge >= 0.3 is 0 Å². The molecule has 1 fully saturated rings. The molecule has 1 rings (SSSR count). The third-order valence-corrected chi connectivity index (χ3v) is 2.27. The highest BCUT2D eigenvalue weighted by molar-refractivity contribution is 4.75. The summed E-state index contributed by atoms with van der Waals surface area (Å²) >= 11 is 0. The van der Waals surface area contributed by atoms with Gasteiger partial charge in [0.25, 0.3) is 0 Å². The average molecular weight is 144 g/mol. The maximum atomic E-state index is 5.07. The van der Waals surface area contributed by atoms with Gasteiger partial charge < -0.3 is 10.2 Å². The van der Waals surface area contributed by atoms with Crippen LogP contribution in [0.25, 0.3) is 0 Å². The Kier molecular flexibility index (Phi) is 3.12. The second-order valence-electron chi connectivity index (χ2n) is 2.90. The Labute approximate surface area is 61.9 Å². The Morgan fingerprint density at radius 2 is 1.90 bits per heavy atom. The van der Waals surface area contributed by atoms with Crippen molar-refractivity contribution in [3.8, 4) is 0 Å². The number of nitrogens with two attached hydrogens (primary N) is 1. The van der Waals surface area contributed by atoms with Gasteiger partial charge in [0.2, 0.25) is 0 Å². The second-order valence-corrected chi connectivity index (χ2v) is 2.90. The molecule has 10 heavy (non-hydrogen) atoms. The van der Waals surface area contributed by atoms with Crippen molar-refractivity contribution in [1.82, 2.24) is 5.32 Å². The fourth-order valence-electron chi connectivity index (χ4n) is 1.49. The lowest BCUT2D eigenvalue weighted by atomic mass is 9.93. The molecule has 0 atom stereocenters. The molecule has 0 aromatic rings. The number of nitrogens with one attached hydrogen (secondary N) is 1. The molecule has 0 spiro atoms. The van der Waals surface area contributed by atoms with E-state index in [1.165, 1.54) is 12.8 Å². The molecule has 3 heteroatoms. The van der Waals surface area contributed by atoms with Crippen LogP contribution in [0.15, 0.2) is 0 Å². The predicted molar refractivity (Wildman–Crippen MR) is 40.4 cm³/mol. The smallest absolute Gasteiger partial charge is 0.0788 e. The minimum Gasteiger partial charge on any atom is -0.317 e. The van der Waals surface area contributed by atoms with Crippen molar-refractivity contribution >= 4 is 0 Å². The van der Waals surface area contributed by atoms with Gasteiger partial charge in [-0.15, -0.1) is 0 Å². The molecule has 60 valence electrons. The molecule has 0 aromatic heterocycles. The first kappa shape index (κ1) is 7.98.